The van der Waals surface area contributed by atoms with Crippen LogP contribution in [0, 0.1) is 0 Å². The lowest BCUT2D eigenvalue weighted by Gasteiger charge is -2.36. The lowest BCUT2D eigenvalue weighted by atomic mass is 9.94. The molecule has 1 aliphatic rings. The van der Waals surface area contributed by atoms with Gasteiger partial charge in [0.15, 0.2) is 0 Å². The lowest BCUT2D eigenvalue weighted by Crippen LogP contribution is -2.46. The van der Waals surface area contributed by atoms with Crippen molar-refractivity contribution in [2.45, 2.75) is 51.5 Å². The van der Waals surface area contributed by atoms with Crippen molar-refractivity contribution in [3.05, 3.63) is 29.8 Å². The minimum absolute atomic E-state index is 0.147. The summed E-state index contributed by atoms with van der Waals surface area (Å²) in [6.07, 6.45) is 3.85. The highest BCUT2D eigenvalue weighted by molar-refractivity contribution is 5.77. The van der Waals surface area contributed by atoms with Crippen LogP contribution in [-0.2, 0) is 9.53 Å². The fourth-order valence-corrected chi connectivity index (χ4v) is 3.32. The van der Waals surface area contributed by atoms with E-state index in [1.807, 2.05) is 36.1 Å². The van der Waals surface area contributed by atoms with E-state index < -0.39 is 0 Å². The van der Waals surface area contributed by atoms with Crippen molar-refractivity contribution in [2.24, 2.45) is 0 Å². The number of hydrogen-bond donors (Lipinski definition) is 0. The number of benzene rings is 1. The number of hydrogen-bond acceptors (Lipinski definition) is 3. The van der Waals surface area contributed by atoms with E-state index in [9.17, 15) is 4.79 Å². The molecule has 0 N–H and O–H groups in total. The van der Waals surface area contributed by atoms with Crippen molar-refractivity contribution in [2.75, 3.05) is 26.9 Å². The highest BCUT2D eigenvalue weighted by Gasteiger charge is 2.28. The van der Waals surface area contributed by atoms with Gasteiger partial charge in [0, 0.05) is 19.6 Å². The summed E-state index contributed by atoms with van der Waals surface area (Å²) in [5.41, 5.74) is 1.10. The van der Waals surface area contributed by atoms with Gasteiger partial charge in [-0.15, -0.1) is 0 Å². The second kappa shape index (κ2) is 8.92. The molecule has 23 heavy (non-hydrogen) atoms. The molecule has 1 saturated heterocycles. The third kappa shape index (κ3) is 4.71. The topological polar surface area (TPSA) is 38.8 Å². The number of nitrogens with zero attached hydrogens (tertiary/aromatic N) is 1. The van der Waals surface area contributed by atoms with Crippen LogP contribution in [-0.4, -0.2) is 43.7 Å². The van der Waals surface area contributed by atoms with Crippen LogP contribution in [0.1, 0.15) is 51.0 Å². The molecule has 1 aromatic rings. The summed E-state index contributed by atoms with van der Waals surface area (Å²) in [6, 6.07) is 8.19. The van der Waals surface area contributed by atoms with Gasteiger partial charge in [-0.3, -0.25) is 4.79 Å². The van der Waals surface area contributed by atoms with Crippen molar-refractivity contribution in [3.8, 4) is 5.75 Å². The maximum atomic E-state index is 12.8. The van der Waals surface area contributed by atoms with Crippen LogP contribution < -0.4 is 4.74 Å². The molecule has 4 heteroatoms. The predicted molar refractivity (Wildman–Crippen MR) is 91.9 cm³/mol. The first kappa shape index (κ1) is 17.8. The monoisotopic (exact) mass is 319 g/mol. The molecule has 2 atom stereocenters. The Kier molecular flexibility index (Phi) is 6.90. The first-order chi connectivity index (χ1) is 11.2. The normalized spacial score (nSPS) is 19.4. The minimum Gasteiger partial charge on any atom is -0.496 e. The smallest absolute Gasteiger partial charge is 0.223 e. The molecule has 1 heterocycles. The average molecular weight is 319 g/mol. The first-order valence-corrected chi connectivity index (χ1v) is 8.67. The summed E-state index contributed by atoms with van der Waals surface area (Å²) in [5, 5.41) is 0. The second-order valence-corrected chi connectivity index (χ2v) is 6.24. The van der Waals surface area contributed by atoms with Gasteiger partial charge in [-0.2, -0.15) is 0 Å². The van der Waals surface area contributed by atoms with E-state index >= 15 is 0 Å². The van der Waals surface area contributed by atoms with E-state index in [0.29, 0.717) is 19.6 Å². The van der Waals surface area contributed by atoms with Crippen LogP contribution in [0.25, 0.3) is 0 Å². The summed E-state index contributed by atoms with van der Waals surface area (Å²) < 4.78 is 11.0. The molecule has 128 valence electrons. The van der Waals surface area contributed by atoms with E-state index in [-0.39, 0.29) is 17.9 Å². The van der Waals surface area contributed by atoms with Gasteiger partial charge >= 0.3 is 0 Å². The Morgan fingerprint density at radius 2 is 2.13 bits per heavy atom. The Hall–Kier alpha value is -1.55. The quantitative estimate of drug-likeness (QED) is 0.770. The molecule has 0 unspecified atom stereocenters. The summed E-state index contributed by atoms with van der Waals surface area (Å²) >= 11 is 0. The van der Waals surface area contributed by atoms with Crippen LogP contribution in [0.3, 0.4) is 0 Å². The molecular weight excluding hydrogens is 290 g/mol. The molecule has 0 radical (unpaired) electrons. The van der Waals surface area contributed by atoms with Gasteiger partial charge < -0.3 is 14.4 Å². The Morgan fingerprint density at radius 1 is 1.35 bits per heavy atom. The Bertz CT molecular complexity index is 503. The SMILES string of the molecule is CCOC[C@@H]1CCCCN1C(=O)C[C@@H](C)c1ccccc1OC. The summed E-state index contributed by atoms with van der Waals surface area (Å²) in [7, 11) is 1.68. The van der Waals surface area contributed by atoms with Gasteiger partial charge in [-0.1, -0.05) is 25.1 Å². The number of methoxy groups -OCH3 is 1. The summed E-state index contributed by atoms with van der Waals surface area (Å²) in [6.45, 7) is 6.31. The van der Waals surface area contributed by atoms with Crippen LogP contribution in [0.5, 0.6) is 5.75 Å². The fourth-order valence-electron chi connectivity index (χ4n) is 3.32. The molecule has 0 saturated carbocycles. The predicted octanol–water partition coefficient (Wildman–Crippen LogP) is 3.61. The van der Waals surface area contributed by atoms with Crippen molar-refractivity contribution in [3.63, 3.8) is 0 Å². The van der Waals surface area contributed by atoms with Gasteiger partial charge in [0.1, 0.15) is 5.75 Å². The third-order valence-corrected chi connectivity index (χ3v) is 4.61. The first-order valence-electron chi connectivity index (χ1n) is 8.67. The largest absolute Gasteiger partial charge is 0.496 e. The third-order valence-electron chi connectivity index (χ3n) is 4.61. The minimum atomic E-state index is 0.147. The number of carbonyl (C=O) groups is 1. The van der Waals surface area contributed by atoms with Crippen LogP contribution in [0.2, 0.25) is 0 Å². The van der Waals surface area contributed by atoms with Crippen LogP contribution in [0.15, 0.2) is 24.3 Å². The maximum absolute atomic E-state index is 12.8. The van der Waals surface area contributed by atoms with Crippen molar-refractivity contribution in [1.82, 2.24) is 4.90 Å². The average Bonchev–Trinajstić information content (AvgIpc) is 2.60. The molecule has 1 aromatic carbocycles. The zero-order valence-corrected chi connectivity index (χ0v) is 14.6. The molecular formula is C19H29NO3. The summed E-state index contributed by atoms with van der Waals surface area (Å²) in [5.74, 6) is 1.23. The fraction of sp³-hybridized carbons (Fsp3) is 0.632. The zero-order valence-electron chi connectivity index (χ0n) is 14.6. The summed E-state index contributed by atoms with van der Waals surface area (Å²) in [4.78, 5) is 14.8. The number of piperidine rings is 1. The van der Waals surface area contributed by atoms with Crippen LogP contribution in [0.4, 0.5) is 0 Å². The zero-order chi connectivity index (χ0) is 16.7. The highest BCUT2D eigenvalue weighted by atomic mass is 16.5. The number of para-hydroxylation sites is 1. The Labute approximate surface area is 139 Å². The van der Waals surface area contributed by atoms with E-state index in [1.165, 1.54) is 6.42 Å². The number of amides is 1. The molecule has 1 amide bonds. The van der Waals surface area contributed by atoms with Gasteiger partial charge in [-0.25, -0.2) is 0 Å². The van der Waals surface area contributed by atoms with E-state index in [0.717, 1.165) is 30.7 Å². The maximum Gasteiger partial charge on any atom is 0.223 e. The van der Waals surface area contributed by atoms with Crippen molar-refractivity contribution < 1.29 is 14.3 Å². The Balaban J connectivity index is 2.01. The second-order valence-electron chi connectivity index (χ2n) is 6.24. The van der Waals surface area contributed by atoms with Crippen molar-refractivity contribution in [1.29, 1.82) is 0 Å². The number of carbonyl (C=O) groups excluding carboxylic acids is 1. The van der Waals surface area contributed by atoms with Gasteiger partial charge in [-0.05, 0) is 43.7 Å². The van der Waals surface area contributed by atoms with Gasteiger partial charge in [0.2, 0.25) is 5.91 Å². The molecule has 4 nitrogen and oxygen atoms in total. The van der Waals surface area contributed by atoms with Crippen molar-refractivity contribution >= 4 is 5.91 Å². The van der Waals surface area contributed by atoms with E-state index in [2.05, 4.69) is 6.92 Å². The molecule has 2 rings (SSSR count). The number of rotatable bonds is 7. The molecule has 1 aliphatic heterocycles. The molecule has 0 bridgehead atoms. The highest BCUT2D eigenvalue weighted by Crippen LogP contribution is 2.30. The van der Waals surface area contributed by atoms with Gasteiger partial charge in [0.25, 0.3) is 0 Å². The molecule has 0 aromatic heterocycles. The van der Waals surface area contributed by atoms with Crippen LogP contribution >= 0.6 is 0 Å². The van der Waals surface area contributed by atoms with E-state index in [1.54, 1.807) is 7.11 Å². The molecule has 0 spiro atoms. The Morgan fingerprint density at radius 3 is 2.87 bits per heavy atom. The standard InChI is InChI=1S/C19H29NO3/c1-4-23-14-16-9-7-8-12-20(16)19(21)13-15(2)17-10-5-6-11-18(17)22-3/h5-6,10-11,15-16H,4,7-9,12-14H2,1-3H3/t15-,16+/m1/s1. The molecule has 0 aliphatic carbocycles. The lowest BCUT2D eigenvalue weighted by molar-refractivity contribution is -0.136. The molecule has 1 fully saturated rings. The van der Waals surface area contributed by atoms with E-state index in [4.69, 9.17) is 9.47 Å². The van der Waals surface area contributed by atoms with Gasteiger partial charge in [0.05, 0.1) is 19.8 Å². The number of ether oxygens (including phenoxy) is 2. The number of likely N-dealkylation sites (tertiary alicyclic amines) is 1.